The summed E-state index contributed by atoms with van der Waals surface area (Å²) < 4.78 is 28.7. The van der Waals surface area contributed by atoms with E-state index >= 15 is 0 Å². The Balaban J connectivity index is 1.47. The van der Waals surface area contributed by atoms with E-state index in [2.05, 4.69) is 0 Å². The quantitative estimate of drug-likeness (QED) is 0.717. The average molecular weight is 398 g/mol. The molecule has 152 valence electrons. The molecular formula is C22H22O7. The second kappa shape index (κ2) is 7.59. The molecule has 0 bridgehead atoms. The lowest BCUT2D eigenvalue weighted by atomic mass is 10.0. The van der Waals surface area contributed by atoms with Crippen LogP contribution in [0.25, 0.3) is 0 Å². The van der Waals surface area contributed by atoms with Crippen LogP contribution in [0.1, 0.15) is 34.6 Å². The molecule has 4 rings (SSSR count). The second-order valence-electron chi connectivity index (χ2n) is 7.50. The monoisotopic (exact) mass is 398 g/mol. The van der Waals surface area contributed by atoms with E-state index in [9.17, 15) is 9.59 Å². The number of carbonyl (C=O) groups is 2. The maximum absolute atomic E-state index is 12.4. The molecule has 0 unspecified atom stereocenters. The van der Waals surface area contributed by atoms with E-state index in [1.165, 1.54) is 0 Å². The average Bonchev–Trinajstić information content (AvgIpc) is 3.18. The number of fused-ring (bicyclic) bond motifs is 1. The summed E-state index contributed by atoms with van der Waals surface area (Å²) in [5.41, 5.74) is -0.220. The highest BCUT2D eigenvalue weighted by molar-refractivity contribution is 5.89. The van der Waals surface area contributed by atoms with Crippen molar-refractivity contribution in [2.75, 3.05) is 13.2 Å². The fourth-order valence-electron chi connectivity index (χ4n) is 3.55. The molecule has 0 saturated carbocycles. The number of ether oxygens (including phenoxy) is 5. The first kappa shape index (κ1) is 19.6. The molecule has 2 aliphatic heterocycles. The van der Waals surface area contributed by atoms with Gasteiger partial charge in [-0.15, -0.1) is 0 Å². The van der Waals surface area contributed by atoms with Gasteiger partial charge >= 0.3 is 11.9 Å². The van der Waals surface area contributed by atoms with E-state index in [0.717, 1.165) is 0 Å². The summed E-state index contributed by atoms with van der Waals surface area (Å²) in [4.78, 5) is 24.8. The van der Waals surface area contributed by atoms with Crippen LogP contribution in [0.5, 0.6) is 0 Å². The molecule has 0 N–H and O–H groups in total. The Bertz CT molecular complexity index is 881. The minimum absolute atomic E-state index is 0.0654. The summed E-state index contributed by atoms with van der Waals surface area (Å²) in [7, 11) is 0. The molecule has 0 radical (unpaired) electrons. The first-order chi connectivity index (χ1) is 13.9. The van der Waals surface area contributed by atoms with Crippen molar-refractivity contribution < 1.29 is 33.3 Å². The zero-order valence-corrected chi connectivity index (χ0v) is 16.2. The third-order valence-electron chi connectivity index (χ3n) is 4.81. The summed E-state index contributed by atoms with van der Waals surface area (Å²) in [6.45, 7) is 3.48. The molecule has 2 aliphatic rings. The lowest BCUT2D eigenvalue weighted by molar-refractivity contribution is -0.216. The van der Waals surface area contributed by atoms with Crippen molar-refractivity contribution >= 4 is 11.9 Å². The number of carbonyl (C=O) groups excluding carboxylic acids is 2. The maximum Gasteiger partial charge on any atom is 0.340 e. The predicted molar refractivity (Wildman–Crippen MR) is 101 cm³/mol. The molecule has 2 aromatic rings. The van der Waals surface area contributed by atoms with E-state index in [1.54, 1.807) is 62.4 Å². The van der Waals surface area contributed by atoms with Crippen molar-refractivity contribution in [3.63, 3.8) is 0 Å². The summed E-state index contributed by atoms with van der Waals surface area (Å²) in [5, 5.41) is 0. The molecule has 0 aliphatic carbocycles. The summed E-state index contributed by atoms with van der Waals surface area (Å²) in [6, 6.07) is 17.3. The fourth-order valence-corrected chi connectivity index (χ4v) is 3.55. The molecule has 7 heteroatoms. The van der Waals surface area contributed by atoms with Crippen LogP contribution in [0.15, 0.2) is 60.7 Å². The van der Waals surface area contributed by atoms with Crippen molar-refractivity contribution in [2.24, 2.45) is 0 Å². The van der Waals surface area contributed by atoms with Gasteiger partial charge in [-0.05, 0) is 38.1 Å². The topological polar surface area (TPSA) is 80.3 Å². The standard InChI is InChI=1S/C22H22O7/c1-21(2)28-17-20(27-19(24)16-11-7-4-8-12-16)26-14-22(17,29-21)13-25-18(23)15-9-5-3-6-10-15/h3-12,17,20H,13-14H2,1-2H3/t17-,20-,22+/m0/s1. The molecule has 2 heterocycles. The number of hydrogen-bond acceptors (Lipinski definition) is 7. The maximum atomic E-state index is 12.4. The van der Waals surface area contributed by atoms with Gasteiger partial charge in [-0.25, -0.2) is 9.59 Å². The van der Waals surface area contributed by atoms with E-state index in [-0.39, 0.29) is 13.2 Å². The van der Waals surface area contributed by atoms with Crippen molar-refractivity contribution in [3.05, 3.63) is 71.8 Å². The number of benzene rings is 2. The lowest BCUT2D eigenvalue weighted by Crippen LogP contribution is -2.47. The molecule has 29 heavy (non-hydrogen) atoms. The van der Waals surface area contributed by atoms with Crippen LogP contribution in [0.3, 0.4) is 0 Å². The van der Waals surface area contributed by atoms with Crippen LogP contribution >= 0.6 is 0 Å². The van der Waals surface area contributed by atoms with Crippen LogP contribution in [0.4, 0.5) is 0 Å². The second-order valence-corrected chi connectivity index (χ2v) is 7.50. The first-order valence-corrected chi connectivity index (χ1v) is 9.36. The van der Waals surface area contributed by atoms with Gasteiger partial charge < -0.3 is 23.7 Å². The smallest absolute Gasteiger partial charge is 0.340 e. The number of hydrogen-bond donors (Lipinski definition) is 0. The van der Waals surface area contributed by atoms with E-state index in [4.69, 9.17) is 23.7 Å². The van der Waals surface area contributed by atoms with Gasteiger partial charge in [0.25, 0.3) is 0 Å². The molecule has 0 amide bonds. The van der Waals surface area contributed by atoms with Crippen LogP contribution in [0, 0.1) is 0 Å². The molecule has 2 saturated heterocycles. The highest BCUT2D eigenvalue weighted by atomic mass is 16.8. The van der Waals surface area contributed by atoms with Crippen molar-refractivity contribution in [1.29, 1.82) is 0 Å². The largest absolute Gasteiger partial charge is 0.459 e. The van der Waals surface area contributed by atoms with Gasteiger partial charge in [-0.3, -0.25) is 0 Å². The molecule has 2 aromatic carbocycles. The van der Waals surface area contributed by atoms with Gasteiger partial charge in [0.2, 0.25) is 6.29 Å². The zero-order chi connectivity index (χ0) is 20.5. The van der Waals surface area contributed by atoms with Gasteiger partial charge in [0.05, 0.1) is 17.7 Å². The lowest BCUT2D eigenvalue weighted by Gasteiger charge is -2.26. The fraction of sp³-hybridized carbons (Fsp3) is 0.364. The van der Waals surface area contributed by atoms with Crippen LogP contribution in [-0.4, -0.2) is 48.9 Å². The van der Waals surface area contributed by atoms with E-state index in [1.807, 2.05) is 12.1 Å². The van der Waals surface area contributed by atoms with Gasteiger partial charge in [-0.1, -0.05) is 36.4 Å². The Morgan fingerprint density at radius 2 is 1.55 bits per heavy atom. The van der Waals surface area contributed by atoms with Gasteiger partial charge in [0.1, 0.15) is 6.61 Å². The van der Waals surface area contributed by atoms with Crippen molar-refractivity contribution in [3.8, 4) is 0 Å². The molecule has 7 nitrogen and oxygen atoms in total. The Morgan fingerprint density at radius 1 is 0.966 bits per heavy atom. The van der Waals surface area contributed by atoms with Crippen molar-refractivity contribution in [1.82, 2.24) is 0 Å². The number of rotatable bonds is 5. The minimum Gasteiger partial charge on any atom is -0.459 e. The Hall–Kier alpha value is -2.74. The highest BCUT2D eigenvalue weighted by Crippen LogP contribution is 2.44. The molecule has 0 aromatic heterocycles. The third kappa shape index (κ3) is 4.03. The molecule has 3 atom stereocenters. The van der Waals surface area contributed by atoms with Crippen LogP contribution in [-0.2, 0) is 23.7 Å². The normalized spacial score (nSPS) is 27.2. The SMILES string of the molecule is CC1(C)O[C@H]2[C@H](OC(=O)c3ccccc3)OC[C@@]2(COC(=O)c2ccccc2)O1. The zero-order valence-electron chi connectivity index (χ0n) is 16.2. The van der Waals surface area contributed by atoms with Crippen LogP contribution < -0.4 is 0 Å². The molecule has 2 fully saturated rings. The van der Waals surface area contributed by atoms with Crippen molar-refractivity contribution in [2.45, 2.75) is 37.6 Å². The summed E-state index contributed by atoms with van der Waals surface area (Å²) in [6.07, 6.45) is -1.70. The Kier molecular flexibility index (Phi) is 5.12. The minimum atomic E-state index is -1.06. The Labute approximate surface area is 168 Å². The Morgan fingerprint density at radius 3 is 2.17 bits per heavy atom. The van der Waals surface area contributed by atoms with E-state index < -0.39 is 35.7 Å². The highest BCUT2D eigenvalue weighted by Gasteiger charge is 2.63. The van der Waals surface area contributed by atoms with Gasteiger partial charge in [-0.2, -0.15) is 0 Å². The van der Waals surface area contributed by atoms with E-state index in [0.29, 0.717) is 11.1 Å². The molecular weight excluding hydrogens is 376 g/mol. The van der Waals surface area contributed by atoms with Gasteiger partial charge in [0.15, 0.2) is 17.5 Å². The number of esters is 2. The van der Waals surface area contributed by atoms with Gasteiger partial charge in [0, 0.05) is 0 Å². The molecule has 0 spiro atoms. The first-order valence-electron chi connectivity index (χ1n) is 9.36. The predicted octanol–water partition coefficient (Wildman–Crippen LogP) is 2.95. The third-order valence-corrected chi connectivity index (χ3v) is 4.81. The summed E-state index contributed by atoms with van der Waals surface area (Å²) >= 11 is 0. The summed E-state index contributed by atoms with van der Waals surface area (Å²) in [5.74, 6) is -1.94. The van der Waals surface area contributed by atoms with Crippen LogP contribution in [0.2, 0.25) is 0 Å².